The van der Waals surface area contributed by atoms with Gasteiger partial charge in [-0.3, -0.25) is 4.68 Å². The van der Waals surface area contributed by atoms with Crippen molar-refractivity contribution in [3.63, 3.8) is 0 Å². The van der Waals surface area contributed by atoms with Crippen molar-refractivity contribution in [2.24, 2.45) is 5.73 Å². The van der Waals surface area contributed by atoms with Gasteiger partial charge in [-0.15, -0.1) is 5.10 Å². The first kappa shape index (κ1) is 28.0. The zero-order chi connectivity index (χ0) is 29.3. The molecule has 0 bridgehead atoms. The van der Waals surface area contributed by atoms with Crippen LogP contribution in [0.2, 0.25) is 0 Å². The zero-order valence-corrected chi connectivity index (χ0v) is 22.7. The highest BCUT2D eigenvalue weighted by Crippen LogP contribution is 2.50. The van der Waals surface area contributed by atoms with E-state index in [1.54, 1.807) is 24.3 Å². The fraction of sp³-hybridized carbons (Fsp3) is 0.250. The molecule has 5 rings (SSSR count). The Morgan fingerprint density at radius 2 is 1.85 bits per heavy atom. The Morgan fingerprint density at radius 3 is 2.49 bits per heavy atom. The molecule has 1 fully saturated rings. The van der Waals surface area contributed by atoms with Crippen molar-refractivity contribution >= 4 is 27.9 Å². The fourth-order valence-corrected chi connectivity index (χ4v) is 6.35. The number of halogens is 2. The van der Waals surface area contributed by atoms with Crippen LogP contribution in [0.4, 0.5) is 14.6 Å². The lowest BCUT2D eigenvalue weighted by Gasteiger charge is -2.13. The van der Waals surface area contributed by atoms with E-state index in [4.69, 9.17) is 16.6 Å². The lowest BCUT2D eigenvalue weighted by Crippen LogP contribution is -2.18. The number of carboxylic acid groups (broad SMARTS) is 1. The first-order valence-corrected chi connectivity index (χ1v) is 14.4. The average molecular weight is 583 g/mol. The first-order valence-electron chi connectivity index (χ1n) is 13.0. The molecule has 2 aromatic heterocycles. The Balaban J connectivity index is 1.53. The summed E-state index contributed by atoms with van der Waals surface area (Å²) in [6.45, 7) is 0.416. The lowest BCUT2D eigenvalue weighted by molar-refractivity contribution is 0.0690. The largest absolute Gasteiger partial charge is 0.476 e. The Bertz CT molecular complexity index is 1740. The number of rotatable bonds is 11. The van der Waals surface area contributed by atoms with Crippen LogP contribution in [0.3, 0.4) is 0 Å². The van der Waals surface area contributed by atoms with Crippen LogP contribution in [0.15, 0.2) is 65.3 Å². The highest BCUT2D eigenvalue weighted by atomic mass is 32.2. The van der Waals surface area contributed by atoms with Crippen molar-refractivity contribution in [1.29, 1.82) is 0 Å². The summed E-state index contributed by atoms with van der Waals surface area (Å²) in [4.78, 5) is 11.0. The summed E-state index contributed by atoms with van der Waals surface area (Å²) >= 11 is 0. The van der Waals surface area contributed by atoms with Crippen LogP contribution < -0.4 is 11.5 Å². The van der Waals surface area contributed by atoms with Crippen LogP contribution in [0.1, 0.15) is 59.8 Å². The molecule has 2 aromatic carbocycles. The van der Waals surface area contributed by atoms with Crippen LogP contribution in [0, 0.1) is 11.6 Å². The van der Waals surface area contributed by atoms with Crippen LogP contribution in [-0.2, 0) is 16.6 Å². The van der Waals surface area contributed by atoms with E-state index in [2.05, 4.69) is 10.3 Å². The Kier molecular flexibility index (Phi) is 7.63. The van der Waals surface area contributed by atoms with E-state index in [1.807, 2.05) is 0 Å². The van der Waals surface area contributed by atoms with Crippen LogP contribution >= 0.6 is 0 Å². The standard InChI is InChI=1S/C28H28F2N6O4S/c29-18-11-12-21(23(30)14-18)25-22(15-19(31)6-4-5-13-35-16-24(28(37)38)33-34-35)27(32)36(26(25)17-9-10-17)41(39,40)20-7-2-1-3-8-20/h1-3,7-8,11-12,14-17H,4-6,9-10,13,31-32H2,(H,37,38)/b19-15-. The van der Waals surface area contributed by atoms with Crippen LogP contribution in [0.25, 0.3) is 17.2 Å². The average Bonchev–Trinajstić information content (AvgIpc) is 3.59. The summed E-state index contributed by atoms with van der Waals surface area (Å²) in [5, 5.41) is 16.3. The number of nitrogen functional groups attached to an aromatic ring is 1. The molecule has 0 unspecified atom stereocenters. The van der Waals surface area contributed by atoms with Crippen molar-refractivity contribution in [1.82, 2.24) is 19.0 Å². The number of aryl methyl sites for hydroxylation is 1. The van der Waals surface area contributed by atoms with E-state index in [-0.39, 0.29) is 39.0 Å². The molecule has 10 nitrogen and oxygen atoms in total. The van der Waals surface area contributed by atoms with E-state index >= 15 is 4.39 Å². The van der Waals surface area contributed by atoms with Gasteiger partial charge in [0.05, 0.1) is 11.1 Å². The minimum absolute atomic E-state index is 0.0254. The van der Waals surface area contributed by atoms with Gasteiger partial charge in [-0.1, -0.05) is 23.4 Å². The maximum atomic E-state index is 15.2. The van der Waals surface area contributed by atoms with E-state index < -0.39 is 27.6 Å². The highest BCUT2D eigenvalue weighted by molar-refractivity contribution is 7.90. The predicted molar refractivity (Wildman–Crippen MR) is 148 cm³/mol. The number of benzene rings is 2. The second-order valence-corrected chi connectivity index (χ2v) is 11.7. The van der Waals surface area contributed by atoms with Gasteiger partial charge in [0.1, 0.15) is 17.5 Å². The molecule has 0 aliphatic heterocycles. The summed E-state index contributed by atoms with van der Waals surface area (Å²) in [5.41, 5.74) is 14.0. The van der Waals surface area contributed by atoms with Gasteiger partial charge in [0.25, 0.3) is 10.0 Å². The second-order valence-electron chi connectivity index (χ2n) is 9.89. The number of carbonyl (C=O) groups is 1. The highest BCUT2D eigenvalue weighted by Gasteiger charge is 2.38. The summed E-state index contributed by atoms with van der Waals surface area (Å²) in [6.07, 6.45) is 5.84. The number of anilines is 1. The number of nitrogens with zero attached hydrogens (tertiary/aromatic N) is 4. The molecule has 0 amide bonds. The molecule has 0 radical (unpaired) electrons. The van der Waals surface area contributed by atoms with E-state index in [1.165, 1.54) is 29.1 Å². The Labute approximate surface area is 234 Å². The van der Waals surface area contributed by atoms with Crippen molar-refractivity contribution < 1.29 is 27.1 Å². The minimum Gasteiger partial charge on any atom is -0.476 e. The molecule has 1 aliphatic rings. The minimum atomic E-state index is -4.16. The number of carboxylic acids is 1. The van der Waals surface area contributed by atoms with E-state index in [0.29, 0.717) is 50.0 Å². The molecule has 1 aliphatic carbocycles. The van der Waals surface area contributed by atoms with Gasteiger partial charge in [-0.05, 0) is 62.4 Å². The Hall–Kier alpha value is -4.52. The zero-order valence-electron chi connectivity index (χ0n) is 21.9. The van der Waals surface area contributed by atoms with Crippen molar-refractivity contribution in [3.05, 3.63) is 89.0 Å². The molecule has 214 valence electrons. The smallest absolute Gasteiger partial charge is 0.358 e. The Morgan fingerprint density at radius 1 is 1.12 bits per heavy atom. The van der Waals surface area contributed by atoms with Crippen LogP contribution in [-0.4, -0.2) is 38.5 Å². The maximum absolute atomic E-state index is 15.2. The number of unbranched alkanes of at least 4 members (excludes halogenated alkanes) is 1. The number of hydrogen-bond acceptors (Lipinski definition) is 7. The van der Waals surface area contributed by atoms with Gasteiger partial charge >= 0.3 is 5.97 Å². The summed E-state index contributed by atoms with van der Waals surface area (Å²) in [6, 6.07) is 11.0. The number of aromatic carboxylic acids is 1. The molecule has 0 spiro atoms. The van der Waals surface area contributed by atoms with Crippen LogP contribution in [0.5, 0.6) is 0 Å². The summed E-state index contributed by atoms with van der Waals surface area (Å²) < 4.78 is 59.2. The second kappa shape index (κ2) is 11.2. The van der Waals surface area contributed by atoms with Gasteiger partial charge in [0.2, 0.25) is 0 Å². The quantitative estimate of drug-likeness (QED) is 0.217. The molecule has 0 atom stereocenters. The van der Waals surface area contributed by atoms with E-state index in [9.17, 15) is 17.6 Å². The van der Waals surface area contributed by atoms with Gasteiger partial charge in [0, 0.05) is 46.6 Å². The molecular formula is C28H28F2N6O4S. The van der Waals surface area contributed by atoms with Gasteiger partial charge in [-0.2, -0.15) is 0 Å². The van der Waals surface area contributed by atoms with Gasteiger partial charge < -0.3 is 16.6 Å². The fourth-order valence-electron chi connectivity index (χ4n) is 4.78. The maximum Gasteiger partial charge on any atom is 0.358 e. The SMILES string of the molecule is N/C(=C\c1c(-c2ccc(F)cc2F)c(C2CC2)n(S(=O)(=O)c2ccccc2)c1N)CCCCn1cc(C(=O)O)nn1. The number of nitrogens with two attached hydrogens (primary N) is 2. The number of aromatic nitrogens is 4. The van der Waals surface area contributed by atoms with Gasteiger partial charge in [0.15, 0.2) is 5.69 Å². The molecule has 13 heteroatoms. The number of allylic oxidation sites excluding steroid dienone is 1. The normalized spacial score (nSPS) is 14.0. The first-order chi connectivity index (χ1) is 19.6. The molecule has 41 heavy (non-hydrogen) atoms. The topological polar surface area (TPSA) is 159 Å². The molecule has 2 heterocycles. The lowest BCUT2D eigenvalue weighted by atomic mass is 9.97. The van der Waals surface area contributed by atoms with Crippen molar-refractivity contribution in [2.75, 3.05) is 5.73 Å². The van der Waals surface area contributed by atoms with Crippen molar-refractivity contribution in [3.8, 4) is 11.1 Å². The van der Waals surface area contributed by atoms with Gasteiger partial charge in [-0.25, -0.2) is 26.0 Å². The predicted octanol–water partition coefficient (Wildman–Crippen LogP) is 4.59. The third kappa shape index (κ3) is 5.71. The molecule has 1 saturated carbocycles. The summed E-state index contributed by atoms with van der Waals surface area (Å²) in [5.74, 6) is -3.06. The number of hydrogen-bond donors (Lipinski definition) is 3. The molecule has 5 N–H and O–H groups in total. The molecule has 4 aromatic rings. The molecular weight excluding hydrogens is 554 g/mol. The molecule has 0 saturated heterocycles. The third-order valence-electron chi connectivity index (χ3n) is 6.88. The van der Waals surface area contributed by atoms with Crippen molar-refractivity contribution in [2.45, 2.75) is 49.5 Å². The third-order valence-corrected chi connectivity index (χ3v) is 8.62. The monoisotopic (exact) mass is 582 g/mol. The van der Waals surface area contributed by atoms with E-state index in [0.717, 1.165) is 16.1 Å². The summed E-state index contributed by atoms with van der Waals surface area (Å²) in [7, 11) is -4.16.